The van der Waals surface area contributed by atoms with Crippen molar-refractivity contribution in [3.63, 3.8) is 0 Å². The summed E-state index contributed by atoms with van der Waals surface area (Å²) in [5, 5.41) is 9.69. The molecule has 1 unspecified atom stereocenters. The van der Waals surface area contributed by atoms with E-state index in [4.69, 9.17) is 5.10 Å². The standard InChI is InChI=1S/C25H31N5O/c1-2-11-30-23-10-9-20(15-21(23)24(28-30)25(31)29-12-5-6-13-29)26-16-18-14-19-7-3-4-8-22(19)27-17-18/h3-4,7-8,14,17,20,26H,2,5-6,9-13,15-16H2,1H3. The van der Waals surface area contributed by atoms with Gasteiger partial charge in [0, 0.05) is 55.1 Å². The number of hydrogen-bond acceptors (Lipinski definition) is 4. The number of benzene rings is 1. The average molecular weight is 418 g/mol. The first kappa shape index (κ1) is 20.2. The second-order valence-corrected chi connectivity index (χ2v) is 8.85. The van der Waals surface area contributed by atoms with Gasteiger partial charge in [0.15, 0.2) is 5.69 Å². The topological polar surface area (TPSA) is 63.1 Å². The smallest absolute Gasteiger partial charge is 0.274 e. The summed E-state index contributed by atoms with van der Waals surface area (Å²) >= 11 is 0. The summed E-state index contributed by atoms with van der Waals surface area (Å²) in [6.45, 7) is 5.57. The number of carbonyl (C=O) groups excluding carboxylic acids is 1. The molecule has 1 aliphatic carbocycles. The van der Waals surface area contributed by atoms with Crippen molar-refractivity contribution >= 4 is 16.8 Å². The Hall–Kier alpha value is -2.73. The summed E-state index contributed by atoms with van der Waals surface area (Å²) in [7, 11) is 0. The molecule has 0 bridgehead atoms. The van der Waals surface area contributed by atoms with Crippen LogP contribution in [0.2, 0.25) is 0 Å². The molecule has 2 aromatic heterocycles. The maximum absolute atomic E-state index is 13.2. The van der Waals surface area contributed by atoms with E-state index >= 15 is 0 Å². The van der Waals surface area contributed by atoms with E-state index in [0.29, 0.717) is 11.7 Å². The van der Waals surface area contributed by atoms with Gasteiger partial charge in [-0.3, -0.25) is 14.5 Å². The van der Waals surface area contributed by atoms with E-state index in [0.717, 1.165) is 70.2 Å². The molecule has 0 saturated carbocycles. The zero-order valence-corrected chi connectivity index (χ0v) is 18.3. The Balaban J connectivity index is 1.32. The van der Waals surface area contributed by atoms with Gasteiger partial charge in [0.25, 0.3) is 5.91 Å². The zero-order valence-electron chi connectivity index (χ0n) is 18.3. The highest BCUT2D eigenvalue weighted by Crippen LogP contribution is 2.27. The number of rotatable bonds is 6. The predicted molar refractivity (Wildman–Crippen MR) is 122 cm³/mol. The van der Waals surface area contributed by atoms with Crippen molar-refractivity contribution in [1.29, 1.82) is 0 Å². The van der Waals surface area contributed by atoms with Crippen LogP contribution in [0.3, 0.4) is 0 Å². The van der Waals surface area contributed by atoms with Crippen LogP contribution in [0.15, 0.2) is 36.5 Å². The largest absolute Gasteiger partial charge is 0.337 e. The first-order chi connectivity index (χ1) is 15.2. The van der Waals surface area contributed by atoms with Gasteiger partial charge in [-0.25, -0.2) is 0 Å². The van der Waals surface area contributed by atoms with Crippen LogP contribution in [0.25, 0.3) is 10.9 Å². The van der Waals surface area contributed by atoms with E-state index in [1.165, 1.54) is 22.2 Å². The first-order valence-corrected chi connectivity index (χ1v) is 11.7. The highest BCUT2D eigenvalue weighted by molar-refractivity contribution is 5.94. The number of nitrogens with one attached hydrogen (secondary N) is 1. The van der Waals surface area contributed by atoms with Crippen LogP contribution >= 0.6 is 0 Å². The lowest BCUT2D eigenvalue weighted by atomic mass is 9.91. The van der Waals surface area contributed by atoms with Crippen LogP contribution in [0.4, 0.5) is 0 Å². The van der Waals surface area contributed by atoms with E-state index in [2.05, 4.69) is 40.1 Å². The lowest BCUT2D eigenvalue weighted by molar-refractivity contribution is 0.0784. The Labute approximate surface area is 183 Å². The monoisotopic (exact) mass is 417 g/mol. The minimum Gasteiger partial charge on any atom is -0.337 e. The van der Waals surface area contributed by atoms with E-state index in [1.54, 1.807) is 0 Å². The number of aromatic nitrogens is 3. The van der Waals surface area contributed by atoms with Crippen LogP contribution in [-0.4, -0.2) is 44.7 Å². The molecule has 1 aromatic carbocycles. The number of nitrogens with zero attached hydrogens (tertiary/aromatic N) is 4. The van der Waals surface area contributed by atoms with Gasteiger partial charge in [-0.1, -0.05) is 25.1 Å². The third kappa shape index (κ3) is 4.09. The molecular weight excluding hydrogens is 386 g/mol. The van der Waals surface area contributed by atoms with Gasteiger partial charge in [0.05, 0.1) is 5.52 Å². The summed E-state index contributed by atoms with van der Waals surface area (Å²) in [6, 6.07) is 10.8. The lowest BCUT2D eigenvalue weighted by Crippen LogP contribution is -2.35. The lowest BCUT2D eigenvalue weighted by Gasteiger charge is -2.25. The Morgan fingerprint density at radius 3 is 2.90 bits per heavy atom. The molecule has 6 heteroatoms. The number of amides is 1. The first-order valence-electron chi connectivity index (χ1n) is 11.7. The number of aryl methyl sites for hydroxylation is 1. The van der Waals surface area contributed by atoms with Crippen molar-refractivity contribution < 1.29 is 4.79 Å². The van der Waals surface area contributed by atoms with E-state index in [-0.39, 0.29) is 5.91 Å². The molecule has 0 spiro atoms. The number of likely N-dealkylation sites (tertiary alicyclic amines) is 1. The molecule has 1 aliphatic heterocycles. The maximum Gasteiger partial charge on any atom is 0.274 e. The highest BCUT2D eigenvalue weighted by Gasteiger charge is 2.31. The normalized spacial score (nSPS) is 18.5. The fourth-order valence-electron chi connectivity index (χ4n) is 4.98. The Morgan fingerprint density at radius 1 is 1.23 bits per heavy atom. The van der Waals surface area contributed by atoms with Crippen molar-refractivity contribution in [1.82, 2.24) is 25.0 Å². The molecule has 1 atom stereocenters. The molecule has 5 rings (SSSR count). The zero-order chi connectivity index (χ0) is 21.2. The third-order valence-corrected chi connectivity index (χ3v) is 6.62. The fraction of sp³-hybridized carbons (Fsp3) is 0.480. The van der Waals surface area contributed by atoms with Gasteiger partial charge in [-0.05, 0) is 56.2 Å². The van der Waals surface area contributed by atoms with Crippen molar-refractivity contribution in [2.24, 2.45) is 0 Å². The molecule has 6 nitrogen and oxygen atoms in total. The van der Waals surface area contributed by atoms with Gasteiger partial charge in [-0.2, -0.15) is 5.10 Å². The summed E-state index contributed by atoms with van der Waals surface area (Å²) in [4.78, 5) is 19.7. The molecule has 2 aliphatic rings. The number of pyridine rings is 1. The van der Waals surface area contributed by atoms with Gasteiger partial charge in [-0.15, -0.1) is 0 Å². The minimum absolute atomic E-state index is 0.128. The summed E-state index contributed by atoms with van der Waals surface area (Å²) in [6.07, 6.45) is 8.12. The molecule has 3 aromatic rings. The summed E-state index contributed by atoms with van der Waals surface area (Å²) in [5.41, 5.74) is 5.37. The van der Waals surface area contributed by atoms with E-state index in [1.807, 2.05) is 23.2 Å². The Bertz CT molecular complexity index is 1080. The van der Waals surface area contributed by atoms with Crippen LogP contribution < -0.4 is 5.32 Å². The van der Waals surface area contributed by atoms with Crippen molar-refractivity contribution in [2.45, 2.75) is 64.6 Å². The molecule has 31 heavy (non-hydrogen) atoms. The molecule has 1 N–H and O–H groups in total. The molecule has 1 amide bonds. The molecule has 162 valence electrons. The van der Waals surface area contributed by atoms with E-state index in [9.17, 15) is 4.79 Å². The molecule has 3 heterocycles. The fourth-order valence-corrected chi connectivity index (χ4v) is 4.98. The minimum atomic E-state index is 0.128. The maximum atomic E-state index is 13.2. The number of para-hydroxylation sites is 1. The quantitative estimate of drug-likeness (QED) is 0.664. The number of hydrogen-bond donors (Lipinski definition) is 1. The van der Waals surface area contributed by atoms with Gasteiger partial charge in [0.2, 0.25) is 0 Å². The molecule has 1 saturated heterocycles. The molecular formula is C25H31N5O. The van der Waals surface area contributed by atoms with Crippen LogP contribution in [0.5, 0.6) is 0 Å². The van der Waals surface area contributed by atoms with Crippen molar-refractivity contribution in [3.8, 4) is 0 Å². The van der Waals surface area contributed by atoms with Crippen molar-refractivity contribution in [3.05, 3.63) is 59.0 Å². The highest BCUT2D eigenvalue weighted by atomic mass is 16.2. The van der Waals surface area contributed by atoms with Crippen LogP contribution in [-0.2, 0) is 25.9 Å². The summed E-state index contributed by atoms with van der Waals surface area (Å²) < 4.78 is 2.10. The molecule has 0 radical (unpaired) electrons. The summed E-state index contributed by atoms with van der Waals surface area (Å²) in [5.74, 6) is 0.128. The van der Waals surface area contributed by atoms with E-state index < -0.39 is 0 Å². The predicted octanol–water partition coefficient (Wildman–Crippen LogP) is 3.72. The van der Waals surface area contributed by atoms with Crippen LogP contribution in [0, 0.1) is 0 Å². The molecule has 1 fully saturated rings. The Kier molecular flexibility index (Phi) is 5.72. The van der Waals surface area contributed by atoms with Gasteiger partial charge < -0.3 is 10.2 Å². The van der Waals surface area contributed by atoms with Gasteiger partial charge >= 0.3 is 0 Å². The second kappa shape index (κ2) is 8.79. The SMILES string of the molecule is CCCn1nc(C(=O)N2CCCC2)c2c1CCC(NCc1cnc3ccccc3c1)C2. The Morgan fingerprint density at radius 2 is 2.06 bits per heavy atom. The van der Waals surface area contributed by atoms with Crippen LogP contribution in [0.1, 0.15) is 59.9 Å². The number of carbonyl (C=O) groups is 1. The second-order valence-electron chi connectivity index (χ2n) is 8.85. The average Bonchev–Trinajstić information content (AvgIpc) is 3.46. The number of fused-ring (bicyclic) bond motifs is 2. The van der Waals surface area contributed by atoms with Crippen molar-refractivity contribution in [2.75, 3.05) is 13.1 Å². The third-order valence-electron chi connectivity index (χ3n) is 6.62. The van der Waals surface area contributed by atoms with Gasteiger partial charge in [0.1, 0.15) is 0 Å².